The van der Waals surface area contributed by atoms with E-state index in [-0.39, 0.29) is 37.7 Å². The molecule has 0 unspecified atom stereocenters. The van der Waals surface area contributed by atoms with E-state index < -0.39 is 8.60 Å². The maximum absolute atomic E-state index is 7.95. The quantitative estimate of drug-likeness (QED) is 0.407. The van der Waals surface area contributed by atoms with Crippen LogP contribution in [0.1, 0.15) is 6.92 Å². The second-order valence-electron chi connectivity index (χ2n) is 0.671. The average Bonchev–Trinajstić information content (AvgIpc) is 1.35. The Morgan fingerprint density at radius 1 is 1.57 bits per heavy atom. The van der Waals surface area contributed by atoms with Gasteiger partial charge in [-0.15, -0.1) is 0 Å². The van der Waals surface area contributed by atoms with Gasteiger partial charge in [0.15, 0.2) is 0 Å². The maximum atomic E-state index is 7.95. The second-order valence-corrected chi connectivity index (χ2v) is 1.43. The minimum absolute atomic E-state index is 0. The van der Waals surface area contributed by atoms with Gasteiger partial charge in [-0.1, -0.05) is 0 Å². The summed E-state index contributed by atoms with van der Waals surface area (Å²) in [6.45, 7) is 2.06. The molecule has 0 atom stereocenters. The third-order valence-electron chi connectivity index (χ3n) is 0.245. The first kappa shape index (κ1) is 11.4. The summed E-state index contributed by atoms with van der Waals surface area (Å²) in [7, 11) is -2.10. The van der Waals surface area contributed by atoms with Crippen molar-refractivity contribution in [2.24, 2.45) is 0 Å². The van der Waals surface area contributed by atoms with E-state index in [1.165, 1.54) is 0 Å². The van der Waals surface area contributed by atoms with E-state index in [0.29, 0.717) is 6.61 Å². The molecular formula is C2H9CaO3P. The van der Waals surface area contributed by atoms with Crippen molar-refractivity contribution in [1.29, 1.82) is 0 Å². The fourth-order valence-corrected chi connectivity index (χ4v) is 0.346. The molecule has 0 aromatic heterocycles. The van der Waals surface area contributed by atoms with Gasteiger partial charge in [-0.3, -0.25) is 0 Å². The third kappa shape index (κ3) is 11.2. The molecule has 0 aliphatic carbocycles. The van der Waals surface area contributed by atoms with E-state index in [0.717, 1.165) is 0 Å². The van der Waals surface area contributed by atoms with Gasteiger partial charge >= 0.3 is 46.3 Å². The standard InChI is InChI=1S/C2H7O3P.Ca.2H/c1-2-5-6(3)4;;;/h3-4H,2H2,1H3;;;. The molecule has 0 aliphatic heterocycles. The molecule has 0 saturated heterocycles. The van der Waals surface area contributed by atoms with E-state index in [1.54, 1.807) is 6.92 Å². The molecule has 0 amide bonds. The molecule has 5 heteroatoms. The van der Waals surface area contributed by atoms with Crippen molar-refractivity contribution in [3.63, 3.8) is 0 Å². The molecule has 0 bridgehead atoms. The molecule has 0 heterocycles. The Morgan fingerprint density at radius 3 is 2.00 bits per heavy atom. The fraction of sp³-hybridized carbons (Fsp3) is 1.00. The molecule has 2 N–H and O–H groups in total. The van der Waals surface area contributed by atoms with Crippen LogP contribution < -0.4 is 0 Å². The number of hydrogen-bond donors (Lipinski definition) is 2. The van der Waals surface area contributed by atoms with Crippen LogP contribution in [0, 0.1) is 0 Å². The van der Waals surface area contributed by atoms with Crippen LogP contribution in [-0.2, 0) is 4.52 Å². The van der Waals surface area contributed by atoms with Gasteiger partial charge in [0.1, 0.15) is 0 Å². The van der Waals surface area contributed by atoms with Crippen molar-refractivity contribution in [3.05, 3.63) is 0 Å². The summed E-state index contributed by atoms with van der Waals surface area (Å²) in [6.07, 6.45) is 0. The Hall–Kier alpha value is 1.57. The third-order valence-corrected chi connectivity index (χ3v) is 0.734. The van der Waals surface area contributed by atoms with Crippen molar-refractivity contribution >= 4 is 46.3 Å². The summed E-state index contributed by atoms with van der Waals surface area (Å²) in [6, 6.07) is 0. The van der Waals surface area contributed by atoms with Gasteiger partial charge in [0.05, 0.1) is 6.61 Å². The van der Waals surface area contributed by atoms with Crippen LogP contribution >= 0.6 is 8.60 Å². The van der Waals surface area contributed by atoms with Gasteiger partial charge in [0.2, 0.25) is 0 Å². The van der Waals surface area contributed by atoms with Crippen LogP contribution in [0.15, 0.2) is 0 Å². The molecule has 0 fully saturated rings. The molecule has 0 aliphatic rings. The molecule has 0 spiro atoms. The predicted molar refractivity (Wildman–Crippen MR) is 31.5 cm³/mol. The van der Waals surface area contributed by atoms with Crippen molar-refractivity contribution in [3.8, 4) is 0 Å². The normalized spacial score (nSPS) is 8.57. The summed E-state index contributed by atoms with van der Waals surface area (Å²) in [5, 5.41) is 0. The van der Waals surface area contributed by atoms with Gasteiger partial charge in [0, 0.05) is 0 Å². The van der Waals surface area contributed by atoms with Gasteiger partial charge in [0.25, 0.3) is 0 Å². The molecule has 42 valence electrons. The predicted octanol–water partition coefficient (Wildman–Crippen LogP) is -0.682. The zero-order valence-electron chi connectivity index (χ0n) is 3.46. The van der Waals surface area contributed by atoms with Crippen molar-refractivity contribution in [2.75, 3.05) is 6.61 Å². The van der Waals surface area contributed by atoms with Gasteiger partial charge in [-0.05, 0) is 6.92 Å². The zero-order chi connectivity index (χ0) is 4.99. The molecular weight excluding hydrogens is 143 g/mol. The molecule has 0 radical (unpaired) electrons. The topological polar surface area (TPSA) is 49.7 Å². The van der Waals surface area contributed by atoms with Crippen LogP contribution in [0.5, 0.6) is 0 Å². The Morgan fingerprint density at radius 2 is 2.00 bits per heavy atom. The summed E-state index contributed by atoms with van der Waals surface area (Å²) >= 11 is 0. The first-order valence-electron chi connectivity index (χ1n) is 1.58. The van der Waals surface area contributed by atoms with E-state index >= 15 is 0 Å². The second kappa shape index (κ2) is 7.57. The van der Waals surface area contributed by atoms with Gasteiger partial charge in [-0.25, -0.2) is 0 Å². The first-order chi connectivity index (χ1) is 2.77. The van der Waals surface area contributed by atoms with Crippen LogP contribution in [0.3, 0.4) is 0 Å². The molecule has 0 aromatic carbocycles. The summed E-state index contributed by atoms with van der Waals surface area (Å²) < 4.78 is 4.22. The van der Waals surface area contributed by atoms with E-state index in [2.05, 4.69) is 4.52 Å². The van der Waals surface area contributed by atoms with Crippen molar-refractivity contribution < 1.29 is 14.3 Å². The molecule has 0 saturated carbocycles. The van der Waals surface area contributed by atoms with E-state index in [1.807, 2.05) is 0 Å². The van der Waals surface area contributed by atoms with Crippen molar-refractivity contribution in [2.45, 2.75) is 6.92 Å². The fourth-order valence-electron chi connectivity index (χ4n) is 0.115. The Bertz CT molecular complexity index is 34.1. The van der Waals surface area contributed by atoms with Gasteiger partial charge in [-0.2, -0.15) is 0 Å². The monoisotopic (exact) mass is 152 g/mol. The number of rotatable bonds is 2. The first-order valence-corrected chi connectivity index (χ1v) is 2.74. The van der Waals surface area contributed by atoms with Crippen LogP contribution in [0.4, 0.5) is 0 Å². The average molecular weight is 152 g/mol. The van der Waals surface area contributed by atoms with Crippen LogP contribution in [0.25, 0.3) is 0 Å². The van der Waals surface area contributed by atoms with Crippen LogP contribution in [-0.4, -0.2) is 54.1 Å². The van der Waals surface area contributed by atoms with Crippen LogP contribution in [0.2, 0.25) is 0 Å². The Labute approximate surface area is 73.7 Å². The molecule has 3 nitrogen and oxygen atoms in total. The Kier molecular flexibility index (Phi) is 12.3. The zero-order valence-corrected chi connectivity index (χ0v) is 4.35. The van der Waals surface area contributed by atoms with E-state index in [4.69, 9.17) is 9.79 Å². The molecule has 0 aromatic rings. The van der Waals surface area contributed by atoms with Gasteiger partial charge < -0.3 is 14.3 Å². The SMILES string of the molecule is CCOP(O)O.[CaH2]. The van der Waals surface area contributed by atoms with E-state index in [9.17, 15) is 0 Å². The summed E-state index contributed by atoms with van der Waals surface area (Å²) in [5.41, 5.74) is 0. The minimum atomic E-state index is -2.10. The molecule has 0 rings (SSSR count). The number of hydrogen-bond acceptors (Lipinski definition) is 3. The molecule has 7 heavy (non-hydrogen) atoms. The summed E-state index contributed by atoms with van der Waals surface area (Å²) in [4.78, 5) is 15.9. The Balaban J connectivity index is 0. The van der Waals surface area contributed by atoms with Crippen molar-refractivity contribution in [1.82, 2.24) is 0 Å². The summed E-state index contributed by atoms with van der Waals surface area (Å²) in [5.74, 6) is 0.